The standard InChI is InChI=1S/C17H16N2OS/c20-17(10-4-8-15-9-5-13-21-15)16-11-12-18-19(16)14-6-2-1-3-7-14/h1-3,5-7,9,11-13H,4,8,10H2. The van der Waals surface area contributed by atoms with Crippen molar-refractivity contribution in [1.29, 1.82) is 0 Å². The molecule has 0 spiro atoms. The summed E-state index contributed by atoms with van der Waals surface area (Å²) in [6.45, 7) is 0. The maximum Gasteiger partial charge on any atom is 0.181 e. The van der Waals surface area contributed by atoms with E-state index in [4.69, 9.17) is 0 Å². The van der Waals surface area contributed by atoms with Crippen molar-refractivity contribution in [3.8, 4) is 5.69 Å². The molecule has 3 nitrogen and oxygen atoms in total. The lowest BCUT2D eigenvalue weighted by atomic mass is 10.1. The molecule has 0 amide bonds. The summed E-state index contributed by atoms with van der Waals surface area (Å²) in [5, 5.41) is 6.33. The third kappa shape index (κ3) is 3.28. The van der Waals surface area contributed by atoms with E-state index in [2.05, 4.69) is 16.5 Å². The Labute approximate surface area is 127 Å². The molecule has 21 heavy (non-hydrogen) atoms. The molecule has 0 radical (unpaired) electrons. The van der Waals surface area contributed by atoms with Gasteiger partial charge in [0.25, 0.3) is 0 Å². The Kier molecular flexibility index (Phi) is 4.26. The molecule has 3 aromatic rings. The predicted molar refractivity (Wildman–Crippen MR) is 85.2 cm³/mol. The molecule has 0 aliphatic rings. The van der Waals surface area contributed by atoms with E-state index < -0.39 is 0 Å². The van der Waals surface area contributed by atoms with Crippen LogP contribution in [0.25, 0.3) is 5.69 Å². The van der Waals surface area contributed by atoms with Gasteiger partial charge in [-0.3, -0.25) is 4.79 Å². The fraction of sp³-hybridized carbons (Fsp3) is 0.176. The van der Waals surface area contributed by atoms with Crippen LogP contribution in [0.4, 0.5) is 0 Å². The number of benzene rings is 1. The van der Waals surface area contributed by atoms with Crippen LogP contribution in [0.1, 0.15) is 28.2 Å². The zero-order chi connectivity index (χ0) is 14.5. The number of hydrogen-bond acceptors (Lipinski definition) is 3. The second-order valence-electron chi connectivity index (χ2n) is 4.82. The Balaban J connectivity index is 1.67. The van der Waals surface area contributed by atoms with Crippen molar-refractivity contribution in [3.63, 3.8) is 0 Å². The molecule has 4 heteroatoms. The first-order chi connectivity index (χ1) is 10.3. The zero-order valence-electron chi connectivity index (χ0n) is 11.6. The number of nitrogens with zero attached hydrogens (tertiary/aromatic N) is 2. The molecule has 0 saturated carbocycles. The van der Waals surface area contributed by atoms with Gasteiger partial charge in [0, 0.05) is 11.3 Å². The fourth-order valence-electron chi connectivity index (χ4n) is 2.30. The molecule has 0 N–H and O–H groups in total. The van der Waals surface area contributed by atoms with Crippen LogP contribution in [0.2, 0.25) is 0 Å². The van der Waals surface area contributed by atoms with Crippen molar-refractivity contribution in [2.24, 2.45) is 0 Å². The highest BCUT2D eigenvalue weighted by Crippen LogP contribution is 2.15. The minimum atomic E-state index is 0.146. The Bertz CT molecular complexity index is 701. The van der Waals surface area contributed by atoms with E-state index in [1.165, 1.54) is 4.88 Å². The van der Waals surface area contributed by atoms with E-state index in [0.29, 0.717) is 12.1 Å². The number of carbonyl (C=O) groups excluding carboxylic acids is 1. The SMILES string of the molecule is O=C(CCCc1cccs1)c1ccnn1-c1ccccc1. The smallest absolute Gasteiger partial charge is 0.181 e. The molecule has 106 valence electrons. The molecular weight excluding hydrogens is 280 g/mol. The van der Waals surface area contributed by atoms with Gasteiger partial charge in [0.1, 0.15) is 5.69 Å². The largest absolute Gasteiger partial charge is 0.292 e. The predicted octanol–water partition coefficient (Wildman–Crippen LogP) is 4.14. The molecule has 0 fully saturated rings. The summed E-state index contributed by atoms with van der Waals surface area (Å²) in [6, 6.07) is 15.7. The van der Waals surface area contributed by atoms with Crippen molar-refractivity contribution >= 4 is 17.1 Å². The number of rotatable bonds is 6. The lowest BCUT2D eigenvalue weighted by Gasteiger charge is -2.06. The van der Waals surface area contributed by atoms with Gasteiger partial charge >= 0.3 is 0 Å². The maximum atomic E-state index is 12.4. The second-order valence-corrected chi connectivity index (χ2v) is 5.85. The van der Waals surface area contributed by atoms with Crippen LogP contribution in [-0.2, 0) is 6.42 Å². The van der Waals surface area contributed by atoms with E-state index in [1.807, 2.05) is 36.4 Å². The first-order valence-corrected chi connectivity index (χ1v) is 7.87. The van der Waals surface area contributed by atoms with Crippen molar-refractivity contribution in [1.82, 2.24) is 9.78 Å². The normalized spacial score (nSPS) is 10.7. The highest BCUT2D eigenvalue weighted by atomic mass is 32.1. The van der Waals surface area contributed by atoms with Gasteiger partial charge in [0.2, 0.25) is 0 Å². The molecule has 0 saturated heterocycles. The van der Waals surface area contributed by atoms with Crippen LogP contribution in [0.5, 0.6) is 0 Å². The number of aromatic nitrogens is 2. The van der Waals surface area contributed by atoms with Crippen molar-refractivity contribution in [3.05, 3.63) is 70.7 Å². The van der Waals surface area contributed by atoms with Crippen LogP contribution in [0, 0.1) is 0 Å². The first-order valence-electron chi connectivity index (χ1n) is 6.99. The van der Waals surface area contributed by atoms with E-state index >= 15 is 0 Å². The van der Waals surface area contributed by atoms with Crippen LogP contribution >= 0.6 is 11.3 Å². The van der Waals surface area contributed by atoms with Gasteiger partial charge in [-0.2, -0.15) is 5.10 Å². The van der Waals surface area contributed by atoms with E-state index in [1.54, 1.807) is 28.3 Å². The Hall–Kier alpha value is -2.20. The van der Waals surface area contributed by atoms with Gasteiger partial charge < -0.3 is 0 Å². The highest BCUT2D eigenvalue weighted by molar-refractivity contribution is 7.09. The Morgan fingerprint density at radius 1 is 1.10 bits per heavy atom. The summed E-state index contributed by atoms with van der Waals surface area (Å²) in [5.41, 5.74) is 1.58. The topological polar surface area (TPSA) is 34.9 Å². The number of thiophene rings is 1. The third-order valence-corrected chi connectivity index (χ3v) is 4.27. The molecule has 0 unspecified atom stereocenters. The zero-order valence-corrected chi connectivity index (χ0v) is 12.4. The van der Waals surface area contributed by atoms with Gasteiger partial charge in [-0.1, -0.05) is 24.3 Å². The average Bonchev–Trinajstić information content (AvgIpc) is 3.19. The number of carbonyl (C=O) groups is 1. The fourth-order valence-corrected chi connectivity index (χ4v) is 3.05. The van der Waals surface area contributed by atoms with Gasteiger partial charge in [0.05, 0.1) is 11.9 Å². The Morgan fingerprint density at radius 3 is 2.71 bits per heavy atom. The molecule has 2 heterocycles. The van der Waals surface area contributed by atoms with Crippen molar-refractivity contribution in [2.75, 3.05) is 0 Å². The number of Topliss-reactive ketones (excluding diaryl/α,β-unsaturated/α-hetero) is 1. The quantitative estimate of drug-likeness (QED) is 0.641. The minimum absolute atomic E-state index is 0.146. The minimum Gasteiger partial charge on any atom is -0.292 e. The molecule has 0 aliphatic carbocycles. The van der Waals surface area contributed by atoms with Crippen LogP contribution in [0.3, 0.4) is 0 Å². The van der Waals surface area contributed by atoms with Crippen molar-refractivity contribution in [2.45, 2.75) is 19.3 Å². The lowest BCUT2D eigenvalue weighted by molar-refractivity contribution is 0.0972. The number of hydrogen-bond donors (Lipinski definition) is 0. The molecule has 3 rings (SSSR count). The van der Waals surface area contributed by atoms with E-state index in [0.717, 1.165) is 18.5 Å². The van der Waals surface area contributed by atoms with E-state index in [-0.39, 0.29) is 5.78 Å². The molecule has 0 bridgehead atoms. The number of ketones is 1. The van der Waals surface area contributed by atoms with Crippen LogP contribution < -0.4 is 0 Å². The molecule has 0 atom stereocenters. The second kappa shape index (κ2) is 6.50. The molecule has 1 aromatic carbocycles. The van der Waals surface area contributed by atoms with Crippen LogP contribution in [0.15, 0.2) is 60.1 Å². The summed E-state index contributed by atoms with van der Waals surface area (Å²) in [4.78, 5) is 13.7. The molecule has 2 aromatic heterocycles. The first kappa shape index (κ1) is 13.8. The summed E-state index contributed by atoms with van der Waals surface area (Å²) < 4.78 is 1.72. The number of para-hydroxylation sites is 1. The van der Waals surface area contributed by atoms with Crippen molar-refractivity contribution < 1.29 is 4.79 Å². The van der Waals surface area contributed by atoms with Crippen LogP contribution in [-0.4, -0.2) is 15.6 Å². The maximum absolute atomic E-state index is 12.4. The van der Waals surface area contributed by atoms with Gasteiger partial charge in [-0.15, -0.1) is 11.3 Å². The average molecular weight is 296 g/mol. The molecular formula is C17H16N2OS. The monoisotopic (exact) mass is 296 g/mol. The molecule has 0 aliphatic heterocycles. The van der Waals surface area contributed by atoms with Gasteiger partial charge in [-0.05, 0) is 42.5 Å². The third-order valence-electron chi connectivity index (χ3n) is 3.34. The number of aryl methyl sites for hydroxylation is 1. The van der Waals surface area contributed by atoms with E-state index in [9.17, 15) is 4.79 Å². The van der Waals surface area contributed by atoms with Gasteiger partial charge in [-0.25, -0.2) is 4.68 Å². The summed E-state index contributed by atoms with van der Waals surface area (Å²) in [6.07, 6.45) is 4.07. The summed E-state index contributed by atoms with van der Waals surface area (Å²) in [5.74, 6) is 0.146. The Morgan fingerprint density at radius 2 is 1.95 bits per heavy atom. The highest BCUT2D eigenvalue weighted by Gasteiger charge is 2.13. The summed E-state index contributed by atoms with van der Waals surface area (Å²) in [7, 11) is 0. The lowest BCUT2D eigenvalue weighted by Crippen LogP contribution is -2.09. The van der Waals surface area contributed by atoms with Gasteiger partial charge in [0.15, 0.2) is 5.78 Å². The summed E-state index contributed by atoms with van der Waals surface area (Å²) >= 11 is 1.74.